The molecule has 0 radical (unpaired) electrons. The molecule has 0 aliphatic rings. The lowest BCUT2D eigenvalue weighted by Crippen LogP contribution is -2.25. The largest absolute Gasteiger partial charge is 0.497 e. The van der Waals surface area contributed by atoms with E-state index < -0.39 is 0 Å². The number of carbonyl (C=O) groups is 1. The minimum Gasteiger partial charge on any atom is -0.497 e. The second-order valence-corrected chi connectivity index (χ2v) is 7.97. The second-order valence-electron chi connectivity index (χ2n) is 6.26. The first-order valence-electron chi connectivity index (χ1n) is 8.40. The Balaban J connectivity index is 1.98. The second kappa shape index (κ2) is 9.90. The van der Waals surface area contributed by atoms with Crippen LogP contribution in [0.25, 0.3) is 0 Å². The highest BCUT2D eigenvalue weighted by Crippen LogP contribution is 2.32. The van der Waals surface area contributed by atoms with E-state index in [9.17, 15) is 4.79 Å². The highest BCUT2D eigenvalue weighted by Gasteiger charge is 2.12. The summed E-state index contributed by atoms with van der Waals surface area (Å²) < 4.78 is 12.8. The van der Waals surface area contributed by atoms with Crippen LogP contribution in [0.15, 0.2) is 44.4 Å². The molecule has 0 atom stereocenters. The lowest BCUT2D eigenvalue weighted by atomic mass is 10.0. The Morgan fingerprint density at radius 2 is 1.96 bits per heavy atom. The van der Waals surface area contributed by atoms with Crippen molar-refractivity contribution in [1.29, 1.82) is 0 Å². The van der Waals surface area contributed by atoms with Gasteiger partial charge in [0.1, 0.15) is 11.5 Å². The molecule has 0 saturated heterocycles. The zero-order chi connectivity index (χ0) is 20.0. The van der Waals surface area contributed by atoms with Gasteiger partial charge in [-0.3, -0.25) is 4.79 Å². The van der Waals surface area contributed by atoms with Crippen molar-refractivity contribution in [2.24, 2.45) is 5.10 Å². The summed E-state index contributed by atoms with van der Waals surface area (Å²) in [6, 6.07) is 9.47. The number of nitrogens with zero attached hydrogens (tertiary/aromatic N) is 1. The number of hydrogen-bond donors (Lipinski definition) is 1. The highest BCUT2D eigenvalue weighted by molar-refractivity contribution is 9.10. The van der Waals surface area contributed by atoms with Crippen molar-refractivity contribution in [3.8, 4) is 11.5 Å². The number of benzene rings is 2. The third kappa shape index (κ3) is 6.07. The monoisotopic (exact) mass is 496 g/mol. The van der Waals surface area contributed by atoms with Gasteiger partial charge in [0.05, 0.1) is 13.3 Å². The average Bonchev–Trinajstić information content (AvgIpc) is 2.63. The van der Waals surface area contributed by atoms with E-state index in [4.69, 9.17) is 9.47 Å². The summed E-state index contributed by atoms with van der Waals surface area (Å²) in [5.41, 5.74) is 5.37. The standard InChI is InChI=1S/C20H22Br2N2O3/c1-12(2)16-9-18(22)13(3)7-19(16)27-11-20(25)24-23-10-14-8-15(26-4)5-6-17(14)21/h5-10,12H,11H2,1-4H3,(H,24,25)/b23-10-. The molecule has 2 aromatic rings. The summed E-state index contributed by atoms with van der Waals surface area (Å²) in [6.45, 7) is 6.04. The van der Waals surface area contributed by atoms with E-state index in [1.54, 1.807) is 13.3 Å². The van der Waals surface area contributed by atoms with Crippen LogP contribution in [0.3, 0.4) is 0 Å². The van der Waals surface area contributed by atoms with Gasteiger partial charge in [-0.2, -0.15) is 5.10 Å². The SMILES string of the molecule is COc1ccc(Br)c(/C=N\NC(=O)COc2cc(C)c(Br)cc2C(C)C)c1. The van der Waals surface area contributed by atoms with Crippen LogP contribution < -0.4 is 14.9 Å². The minimum atomic E-state index is -0.333. The van der Waals surface area contributed by atoms with Crippen LogP contribution in [-0.4, -0.2) is 25.8 Å². The van der Waals surface area contributed by atoms with Gasteiger partial charge < -0.3 is 9.47 Å². The van der Waals surface area contributed by atoms with Gasteiger partial charge in [0.2, 0.25) is 0 Å². The first-order chi connectivity index (χ1) is 12.8. The van der Waals surface area contributed by atoms with Gasteiger partial charge >= 0.3 is 0 Å². The summed E-state index contributed by atoms with van der Waals surface area (Å²) in [5, 5.41) is 3.98. The Morgan fingerprint density at radius 3 is 2.63 bits per heavy atom. The number of ether oxygens (including phenoxy) is 2. The molecule has 2 rings (SSSR count). The summed E-state index contributed by atoms with van der Waals surface area (Å²) in [6.07, 6.45) is 1.55. The van der Waals surface area contributed by atoms with Crippen molar-refractivity contribution in [3.63, 3.8) is 0 Å². The number of nitrogens with one attached hydrogen (secondary N) is 1. The van der Waals surface area contributed by atoms with Crippen molar-refractivity contribution in [2.45, 2.75) is 26.7 Å². The van der Waals surface area contributed by atoms with E-state index in [0.717, 1.165) is 25.6 Å². The fourth-order valence-electron chi connectivity index (χ4n) is 2.34. The molecule has 0 heterocycles. The molecular weight excluding hydrogens is 476 g/mol. The zero-order valence-corrected chi connectivity index (χ0v) is 18.8. The van der Waals surface area contributed by atoms with Gasteiger partial charge in [0.25, 0.3) is 5.91 Å². The minimum absolute atomic E-state index is 0.114. The van der Waals surface area contributed by atoms with Crippen molar-refractivity contribution in [1.82, 2.24) is 5.43 Å². The third-order valence-electron chi connectivity index (χ3n) is 3.87. The van der Waals surface area contributed by atoms with Gasteiger partial charge in [-0.15, -0.1) is 0 Å². The van der Waals surface area contributed by atoms with Crippen molar-refractivity contribution in [2.75, 3.05) is 13.7 Å². The van der Waals surface area contributed by atoms with Crippen LogP contribution >= 0.6 is 31.9 Å². The van der Waals surface area contributed by atoms with Crippen LogP contribution in [0.2, 0.25) is 0 Å². The Hall–Kier alpha value is -1.86. The number of rotatable bonds is 7. The lowest BCUT2D eigenvalue weighted by Gasteiger charge is -2.15. The molecule has 0 saturated carbocycles. The molecule has 144 valence electrons. The van der Waals surface area contributed by atoms with Gasteiger partial charge in [0, 0.05) is 14.5 Å². The molecular formula is C20H22Br2N2O3. The third-order valence-corrected chi connectivity index (χ3v) is 5.44. The normalized spacial score (nSPS) is 11.1. The van der Waals surface area contributed by atoms with E-state index in [1.807, 2.05) is 37.3 Å². The molecule has 7 heteroatoms. The number of amides is 1. The lowest BCUT2D eigenvalue weighted by molar-refractivity contribution is -0.123. The number of hydrogen-bond acceptors (Lipinski definition) is 4. The van der Waals surface area contributed by atoms with Crippen LogP contribution in [0, 0.1) is 6.92 Å². The maximum Gasteiger partial charge on any atom is 0.277 e. The van der Waals surface area contributed by atoms with Crippen LogP contribution in [0.5, 0.6) is 11.5 Å². The molecule has 0 unspecified atom stereocenters. The van der Waals surface area contributed by atoms with Crippen LogP contribution in [0.1, 0.15) is 36.5 Å². The number of halogens is 2. The Bertz CT molecular complexity index is 851. The molecule has 2 aromatic carbocycles. The Kier molecular flexibility index (Phi) is 7.86. The van der Waals surface area contributed by atoms with Gasteiger partial charge in [-0.1, -0.05) is 45.7 Å². The average molecular weight is 498 g/mol. The maximum absolute atomic E-state index is 12.1. The molecule has 0 fully saturated rings. The number of carbonyl (C=O) groups excluding carboxylic acids is 1. The van der Waals surface area contributed by atoms with E-state index in [1.165, 1.54) is 0 Å². The quantitative estimate of drug-likeness (QED) is 0.423. The van der Waals surface area contributed by atoms with Gasteiger partial charge in [-0.05, 0) is 54.3 Å². The molecule has 5 nitrogen and oxygen atoms in total. The van der Waals surface area contributed by atoms with Crippen molar-refractivity contribution < 1.29 is 14.3 Å². The van der Waals surface area contributed by atoms with Crippen LogP contribution in [0.4, 0.5) is 0 Å². The number of hydrazone groups is 1. The summed E-state index contributed by atoms with van der Waals surface area (Å²) in [7, 11) is 1.60. The van der Waals surface area contributed by atoms with E-state index in [0.29, 0.717) is 11.5 Å². The first kappa shape index (κ1) is 21.4. The Morgan fingerprint density at radius 1 is 1.22 bits per heavy atom. The maximum atomic E-state index is 12.1. The Labute approximate surface area is 176 Å². The summed E-state index contributed by atoms with van der Waals surface area (Å²) in [5.74, 6) is 1.37. The number of aryl methyl sites for hydroxylation is 1. The highest BCUT2D eigenvalue weighted by atomic mass is 79.9. The zero-order valence-electron chi connectivity index (χ0n) is 15.7. The van der Waals surface area contributed by atoms with E-state index in [2.05, 4.69) is 56.2 Å². The molecule has 0 aliphatic carbocycles. The van der Waals surface area contributed by atoms with Gasteiger partial charge in [0.15, 0.2) is 6.61 Å². The van der Waals surface area contributed by atoms with E-state index >= 15 is 0 Å². The molecule has 27 heavy (non-hydrogen) atoms. The topological polar surface area (TPSA) is 59.9 Å². The molecule has 0 bridgehead atoms. The molecule has 0 spiro atoms. The molecule has 0 aliphatic heterocycles. The fourth-order valence-corrected chi connectivity index (χ4v) is 3.05. The summed E-state index contributed by atoms with van der Waals surface area (Å²) in [4.78, 5) is 12.1. The van der Waals surface area contributed by atoms with Crippen molar-refractivity contribution in [3.05, 3.63) is 56.0 Å². The number of methoxy groups -OCH3 is 1. The first-order valence-corrected chi connectivity index (χ1v) is 9.98. The fraction of sp³-hybridized carbons (Fsp3) is 0.300. The molecule has 1 amide bonds. The molecule has 0 aromatic heterocycles. The smallest absolute Gasteiger partial charge is 0.277 e. The summed E-state index contributed by atoms with van der Waals surface area (Å²) >= 11 is 6.97. The van der Waals surface area contributed by atoms with Crippen molar-refractivity contribution >= 4 is 44.0 Å². The predicted octanol–water partition coefficient (Wildman–Crippen LogP) is 5.18. The van der Waals surface area contributed by atoms with Crippen LogP contribution in [-0.2, 0) is 4.79 Å². The van der Waals surface area contributed by atoms with E-state index in [-0.39, 0.29) is 18.4 Å². The predicted molar refractivity (Wildman–Crippen MR) is 115 cm³/mol. The van der Waals surface area contributed by atoms with Gasteiger partial charge in [-0.25, -0.2) is 5.43 Å². The molecule has 1 N–H and O–H groups in total.